The Kier molecular flexibility index (Phi) is 3.16. The minimum atomic E-state index is -0.157. The molecule has 18 heavy (non-hydrogen) atoms. The van der Waals surface area contributed by atoms with Gasteiger partial charge in [0.1, 0.15) is 5.82 Å². The van der Waals surface area contributed by atoms with Crippen molar-refractivity contribution in [3.05, 3.63) is 34.8 Å². The van der Waals surface area contributed by atoms with Crippen LogP contribution in [0.15, 0.2) is 12.1 Å². The molecule has 2 heterocycles. The molecule has 0 amide bonds. The van der Waals surface area contributed by atoms with E-state index in [1.165, 1.54) is 11.3 Å². The summed E-state index contributed by atoms with van der Waals surface area (Å²) in [6.07, 6.45) is 0. The molecule has 0 saturated heterocycles. The first-order valence-electron chi connectivity index (χ1n) is 6.01. The third-order valence-electron chi connectivity index (χ3n) is 3.76. The van der Waals surface area contributed by atoms with Crippen LogP contribution in [0, 0.1) is 12.7 Å². The minimum Gasteiger partial charge on any atom is -0.355 e. The molecule has 1 aromatic carbocycles. The summed E-state index contributed by atoms with van der Waals surface area (Å²) in [5, 5.41) is 4.47. The van der Waals surface area contributed by atoms with Crippen LogP contribution in [0.25, 0.3) is 10.9 Å². The number of nitrogens with one attached hydrogen (secondary N) is 2. The van der Waals surface area contributed by atoms with Crippen LogP contribution < -0.4 is 5.32 Å². The largest absolute Gasteiger partial charge is 0.355 e. The van der Waals surface area contributed by atoms with E-state index in [-0.39, 0.29) is 23.6 Å². The Morgan fingerprint density at radius 2 is 2.00 bits per heavy atom. The summed E-state index contributed by atoms with van der Waals surface area (Å²) in [7, 11) is 0. The van der Waals surface area contributed by atoms with Gasteiger partial charge in [-0.3, -0.25) is 0 Å². The van der Waals surface area contributed by atoms with Crippen molar-refractivity contribution in [1.29, 1.82) is 0 Å². The lowest BCUT2D eigenvalue weighted by molar-refractivity contribution is 0.427. The molecular formula is C14H18ClFN2. The summed E-state index contributed by atoms with van der Waals surface area (Å²) >= 11 is 0. The van der Waals surface area contributed by atoms with Gasteiger partial charge in [0.2, 0.25) is 0 Å². The minimum absolute atomic E-state index is 0. The Balaban J connectivity index is 0.00000120. The van der Waals surface area contributed by atoms with Crippen molar-refractivity contribution >= 4 is 23.3 Å². The van der Waals surface area contributed by atoms with E-state index in [2.05, 4.69) is 24.1 Å². The Morgan fingerprint density at radius 3 is 2.72 bits per heavy atom. The molecule has 0 saturated carbocycles. The molecule has 0 unspecified atom stereocenters. The SMILES string of the molecule is Cc1ccc(F)c2[nH]c3c(c12)CNCC3(C)C.Cl. The molecule has 3 rings (SSSR count). The van der Waals surface area contributed by atoms with E-state index in [0.717, 1.165) is 24.0 Å². The molecule has 1 aliphatic heterocycles. The maximum atomic E-state index is 13.9. The number of aryl methyl sites for hydroxylation is 1. The highest BCUT2D eigenvalue weighted by molar-refractivity contribution is 5.89. The molecule has 0 fully saturated rings. The van der Waals surface area contributed by atoms with Gasteiger partial charge in [-0.05, 0) is 24.1 Å². The van der Waals surface area contributed by atoms with Gasteiger partial charge in [-0.2, -0.15) is 0 Å². The third-order valence-corrected chi connectivity index (χ3v) is 3.76. The van der Waals surface area contributed by atoms with Gasteiger partial charge in [0.15, 0.2) is 0 Å². The first-order valence-corrected chi connectivity index (χ1v) is 6.01. The molecule has 0 aliphatic carbocycles. The number of hydrogen-bond acceptors (Lipinski definition) is 1. The van der Waals surface area contributed by atoms with E-state index >= 15 is 0 Å². The summed E-state index contributed by atoms with van der Waals surface area (Å²) in [4.78, 5) is 3.30. The molecule has 0 radical (unpaired) electrons. The number of H-pyrrole nitrogens is 1. The number of benzene rings is 1. The number of aromatic nitrogens is 1. The predicted octanol–water partition coefficient (Wildman–Crippen LogP) is 3.42. The van der Waals surface area contributed by atoms with Crippen LogP contribution in [0.1, 0.15) is 30.7 Å². The summed E-state index contributed by atoms with van der Waals surface area (Å²) in [6, 6.07) is 3.40. The van der Waals surface area contributed by atoms with Crippen molar-refractivity contribution in [2.75, 3.05) is 6.54 Å². The monoisotopic (exact) mass is 268 g/mol. The van der Waals surface area contributed by atoms with Crippen LogP contribution in [0.2, 0.25) is 0 Å². The highest BCUT2D eigenvalue weighted by atomic mass is 35.5. The zero-order valence-corrected chi connectivity index (χ0v) is 11.7. The number of rotatable bonds is 0. The van der Waals surface area contributed by atoms with Gasteiger partial charge < -0.3 is 10.3 Å². The maximum Gasteiger partial charge on any atom is 0.147 e. The Bertz CT molecular complexity index is 601. The zero-order chi connectivity index (χ0) is 12.2. The second-order valence-electron chi connectivity index (χ2n) is 5.58. The zero-order valence-electron chi connectivity index (χ0n) is 10.9. The van der Waals surface area contributed by atoms with E-state index in [9.17, 15) is 4.39 Å². The van der Waals surface area contributed by atoms with E-state index < -0.39 is 0 Å². The van der Waals surface area contributed by atoms with Gasteiger partial charge in [-0.25, -0.2) is 4.39 Å². The lowest BCUT2D eigenvalue weighted by Crippen LogP contribution is -2.38. The summed E-state index contributed by atoms with van der Waals surface area (Å²) in [6.45, 7) is 8.15. The lowest BCUT2D eigenvalue weighted by atomic mass is 9.83. The average Bonchev–Trinajstić information content (AvgIpc) is 2.65. The summed E-state index contributed by atoms with van der Waals surface area (Å²) < 4.78 is 13.9. The highest BCUT2D eigenvalue weighted by Crippen LogP contribution is 2.36. The number of aromatic amines is 1. The molecule has 4 heteroatoms. The fourth-order valence-electron chi connectivity index (χ4n) is 2.86. The van der Waals surface area contributed by atoms with Gasteiger partial charge >= 0.3 is 0 Å². The smallest absolute Gasteiger partial charge is 0.147 e. The van der Waals surface area contributed by atoms with E-state index in [1.807, 2.05) is 13.0 Å². The Labute approximate surface area is 112 Å². The van der Waals surface area contributed by atoms with Crippen molar-refractivity contribution in [2.24, 2.45) is 0 Å². The van der Waals surface area contributed by atoms with Crippen molar-refractivity contribution < 1.29 is 4.39 Å². The molecule has 1 aromatic heterocycles. The van der Waals surface area contributed by atoms with Crippen LogP contribution in [-0.2, 0) is 12.0 Å². The van der Waals surface area contributed by atoms with Crippen LogP contribution >= 0.6 is 12.4 Å². The number of halogens is 2. The van der Waals surface area contributed by atoms with E-state index in [0.29, 0.717) is 5.52 Å². The Morgan fingerprint density at radius 1 is 1.28 bits per heavy atom. The quantitative estimate of drug-likeness (QED) is 0.753. The third kappa shape index (κ3) is 1.73. The van der Waals surface area contributed by atoms with Gasteiger partial charge in [0.25, 0.3) is 0 Å². The highest BCUT2D eigenvalue weighted by Gasteiger charge is 2.31. The predicted molar refractivity (Wildman–Crippen MR) is 75.0 cm³/mol. The van der Waals surface area contributed by atoms with Crippen molar-refractivity contribution in [3.8, 4) is 0 Å². The van der Waals surface area contributed by atoms with Crippen LogP contribution in [-0.4, -0.2) is 11.5 Å². The fourth-order valence-corrected chi connectivity index (χ4v) is 2.86. The fraction of sp³-hybridized carbons (Fsp3) is 0.429. The van der Waals surface area contributed by atoms with Gasteiger partial charge in [-0.15, -0.1) is 12.4 Å². The number of hydrogen-bond donors (Lipinski definition) is 2. The van der Waals surface area contributed by atoms with Gasteiger partial charge in [0, 0.05) is 29.6 Å². The molecule has 2 nitrogen and oxygen atoms in total. The lowest BCUT2D eigenvalue weighted by Gasteiger charge is -2.30. The summed E-state index contributed by atoms with van der Waals surface area (Å²) in [5.74, 6) is -0.157. The second-order valence-corrected chi connectivity index (χ2v) is 5.58. The normalized spacial score (nSPS) is 17.3. The molecular weight excluding hydrogens is 251 g/mol. The second kappa shape index (κ2) is 4.25. The first-order chi connectivity index (χ1) is 8.00. The molecule has 0 bridgehead atoms. The van der Waals surface area contributed by atoms with Gasteiger partial charge in [0.05, 0.1) is 5.52 Å². The molecule has 98 valence electrons. The molecule has 0 spiro atoms. The standard InChI is InChI=1S/C14H17FN2.ClH/c1-8-4-5-10(15)12-11(8)9-6-16-7-14(2,3)13(9)17-12;/h4-5,16-17H,6-7H2,1-3H3;1H. The molecule has 2 N–H and O–H groups in total. The van der Waals surface area contributed by atoms with Gasteiger partial charge in [-0.1, -0.05) is 19.9 Å². The van der Waals surface area contributed by atoms with Crippen LogP contribution in [0.5, 0.6) is 0 Å². The maximum absolute atomic E-state index is 13.9. The van der Waals surface area contributed by atoms with E-state index in [4.69, 9.17) is 0 Å². The topological polar surface area (TPSA) is 27.8 Å². The van der Waals surface area contributed by atoms with Crippen molar-refractivity contribution in [2.45, 2.75) is 32.7 Å². The van der Waals surface area contributed by atoms with E-state index in [1.54, 1.807) is 6.07 Å². The summed E-state index contributed by atoms with van der Waals surface area (Å²) in [5.41, 5.74) is 4.24. The molecule has 1 aliphatic rings. The van der Waals surface area contributed by atoms with Crippen LogP contribution in [0.4, 0.5) is 4.39 Å². The average molecular weight is 269 g/mol. The van der Waals surface area contributed by atoms with Crippen molar-refractivity contribution in [3.63, 3.8) is 0 Å². The number of fused-ring (bicyclic) bond motifs is 3. The molecule has 2 aromatic rings. The van der Waals surface area contributed by atoms with Crippen molar-refractivity contribution in [1.82, 2.24) is 10.3 Å². The molecule has 0 atom stereocenters. The van der Waals surface area contributed by atoms with Crippen LogP contribution in [0.3, 0.4) is 0 Å². The first kappa shape index (κ1) is 13.4. The Hall–Kier alpha value is -1.06.